The third-order valence-corrected chi connectivity index (χ3v) is 4.41. The first-order valence-electron chi connectivity index (χ1n) is 7.84. The molecule has 2 atom stereocenters. The fourth-order valence-electron chi connectivity index (χ4n) is 3.03. The molecule has 1 aliphatic rings. The van der Waals surface area contributed by atoms with Crippen LogP contribution in [0.25, 0.3) is 0 Å². The molecule has 0 aromatic rings. The first kappa shape index (κ1) is 17.4. The highest BCUT2D eigenvalue weighted by atomic mass is 16.1. The van der Waals surface area contributed by atoms with Crippen LogP contribution in [-0.4, -0.2) is 49.1 Å². The summed E-state index contributed by atoms with van der Waals surface area (Å²) in [4.78, 5) is 14.3. The maximum atomic E-state index is 12.0. The van der Waals surface area contributed by atoms with Crippen LogP contribution in [0.15, 0.2) is 0 Å². The van der Waals surface area contributed by atoms with Gasteiger partial charge < -0.3 is 15.5 Å². The molecule has 0 heterocycles. The molecule has 0 radical (unpaired) electrons. The van der Waals surface area contributed by atoms with Gasteiger partial charge in [0.05, 0.1) is 6.54 Å². The molecule has 1 rings (SSSR count). The summed E-state index contributed by atoms with van der Waals surface area (Å²) >= 11 is 0. The van der Waals surface area contributed by atoms with Gasteiger partial charge in [-0.25, -0.2) is 0 Å². The van der Waals surface area contributed by atoms with Crippen LogP contribution in [0.2, 0.25) is 0 Å². The smallest absolute Gasteiger partial charge is 0.234 e. The second kappa shape index (κ2) is 6.90. The van der Waals surface area contributed by atoms with Crippen LogP contribution in [0.3, 0.4) is 0 Å². The largest absolute Gasteiger partial charge is 0.353 e. The maximum absolute atomic E-state index is 12.0. The van der Waals surface area contributed by atoms with Crippen molar-refractivity contribution in [2.24, 2.45) is 5.92 Å². The lowest BCUT2D eigenvalue weighted by Crippen LogP contribution is -2.56. The third kappa shape index (κ3) is 5.41. The van der Waals surface area contributed by atoms with E-state index in [9.17, 15) is 4.79 Å². The molecular weight excluding hydrogens is 250 g/mol. The van der Waals surface area contributed by atoms with Gasteiger partial charge >= 0.3 is 0 Å². The van der Waals surface area contributed by atoms with Crippen molar-refractivity contribution in [1.82, 2.24) is 15.5 Å². The van der Waals surface area contributed by atoms with Crippen molar-refractivity contribution in [3.05, 3.63) is 0 Å². The SMILES string of the molecule is CC1CCCC(CNC(=O)CNC(C)(C)C)(N(C)C)C1. The second-order valence-corrected chi connectivity index (χ2v) is 7.70. The Balaban J connectivity index is 2.49. The van der Waals surface area contributed by atoms with Gasteiger partial charge in [0.1, 0.15) is 0 Å². The van der Waals surface area contributed by atoms with Crippen molar-refractivity contribution < 1.29 is 4.79 Å². The average molecular weight is 283 g/mol. The summed E-state index contributed by atoms with van der Waals surface area (Å²) in [5, 5.41) is 6.36. The zero-order valence-electron chi connectivity index (χ0n) is 14.2. The zero-order valence-corrected chi connectivity index (χ0v) is 14.2. The zero-order chi connectivity index (χ0) is 15.4. The molecule has 0 spiro atoms. The quantitative estimate of drug-likeness (QED) is 0.811. The molecule has 1 amide bonds. The Hall–Kier alpha value is -0.610. The van der Waals surface area contributed by atoms with Crippen LogP contribution in [-0.2, 0) is 4.79 Å². The first-order valence-corrected chi connectivity index (χ1v) is 7.84. The summed E-state index contributed by atoms with van der Waals surface area (Å²) < 4.78 is 0. The van der Waals surface area contributed by atoms with Crippen LogP contribution in [0, 0.1) is 5.92 Å². The monoisotopic (exact) mass is 283 g/mol. The van der Waals surface area contributed by atoms with Crippen LogP contribution < -0.4 is 10.6 Å². The highest BCUT2D eigenvalue weighted by Crippen LogP contribution is 2.35. The molecule has 0 saturated heterocycles. The van der Waals surface area contributed by atoms with Crippen molar-refractivity contribution in [3.63, 3.8) is 0 Å². The summed E-state index contributed by atoms with van der Waals surface area (Å²) in [6, 6.07) is 0. The highest BCUT2D eigenvalue weighted by molar-refractivity contribution is 5.78. The van der Waals surface area contributed by atoms with Gasteiger partial charge in [0.2, 0.25) is 5.91 Å². The number of hydrogen-bond donors (Lipinski definition) is 2. The fraction of sp³-hybridized carbons (Fsp3) is 0.938. The van der Waals surface area contributed by atoms with Crippen molar-refractivity contribution in [3.8, 4) is 0 Å². The van der Waals surface area contributed by atoms with E-state index in [2.05, 4.69) is 57.3 Å². The average Bonchev–Trinajstić information content (AvgIpc) is 2.33. The predicted molar refractivity (Wildman–Crippen MR) is 84.8 cm³/mol. The standard InChI is InChI=1S/C16H33N3O/c1-13-8-7-9-16(10-13,19(5)6)12-17-14(20)11-18-15(2,3)4/h13,18H,7-12H2,1-6H3,(H,17,20). The number of hydrogen-bond acceptors (Lipinski definition) is 3. The summed E-state index contributed by atoms with van der Waals surface area (Å²) in [7, 11) is 4.27. The number of amides is 1. The molecule has 4 heteroatoms. The molecule has 1 aliphatic carbocycles. The van der Waals surface area contributed by atoms with Crippen LogP contribution in [0.5, 0.6) is 0 Å². The lowest BCUT2D eigenvalue weighted by Gasteiger charge is -2.45. The minimum atomic E-state index is -0.0179. The fourth-order valence-corrected chi connectivity index (χ4v) is 3.03. The predicted octanol–water partition coefficient (Wildman–Crippen LogP) is 2.00. The normalized spacial score (nSPS) is 27.6. The van der Waals surface area contributed by atoms with Crippen molar-refractivity contribution in [2.45, 2.75) is 64.5 Å². The van der Waals surface area contributed by atoms with Gasteiger partial charge in [-0.3, -0.25) is 4.79 Å². The van der Waals surface area contributed by atoms with Crippen molar-refractivity contribution >= 4 is 5.91 Å². The van der Waals surface area contributed by atoms with Crippen LogP contribution in [0.1, 0.15) is 53.4 Å². The lowest BCUT2D eigenvalue weighted by atomic mass is 9.75. The molecule has 0 aromatic heterocycles. The van der Waals surface area contributed by atoms with Crippen LogP contribution in [0.4, 0.5) is 0 Å². The van der Waals surface area contributed by atoms with Gasteiger partial charge in [-0.05, 0) is 53.6 Å². The Morgan fingerprint density at radius 1 is 1.35 bits per heavy atom. The first-order chi connectivity index (χ1) is 9.15. The Morgan fingerprint density at radius 2 is 2.00 bits per heavy atom. The molecule has 0 aromatic carbocycles. The van der Waals surface area contributed by atoms with E-state index in [4.69, 9.17) is 0 Å². The molecule has 1 saturated carbocycles. The molecule has 0 bridgehead atoms. The maximum Gasteiger partial charge on any atom is 0.234 e. The Morgan fingerprint density at radius 3 is 2.50 bits per heavy atom. The molecule has 2 unspecified atom stereocenters. The minimum Gasteiger partial charge on any atom is -0.353 e. The number of carbonyl (C=O) groups excluding carboxylic acids is 1. The number of likely N-dealkylation sites (N-methyl/N-ethyl adjacent to an activating group) is 1. The summed E-state index contributed by atoms with van der Waals surface area (Å²) in [6.45, 7) is 9.69. The molecule has 4 nitrogen and oxygen atoms in total. The summed E-state index contributed by atoms with van der Waals surface area (Å²) in [5.41, 5.74) is 0.116. The number of rotatable bonds is 5. The minimum absolute atomic E-state index is 0.0179. The number of carbonyl (C=O) groups is 1. The Kier molecular flexibility index (Phi) is 6.02. The molecule has 2 N–H and O–H groups in total. The van der Waals surface area contributed by atoms with Crippen molar-refractivity contribution in [2.75, 3.05) is 27.2 Å². The third-order valence-electron chi connectivity index (χ3n) is 4.41. The van der Waals surface area contributed by atoms with E-state index in [0.29, 0.717) is 6.54 Å². The van der Waals surface area contributed by atoms with E-state index < -0.39 is 0 Å². The van der Waals surface area contributed by atoms with Crippen LogP contribution >= 0.6 is 0 Å². The molecule has 1 fully saturated rings. The van der Waals surface area contributed by atoms with Gasteiger partial charge in [-0.15, -0.1) is 0 Å². The summed E-state index contributed by atoms with van der Waals surface area (Å²) in [5.74, 6) is 0.843. The second-order valence-electron chi connectivity index (χ2n) is 7.70. The van der Waals surface area contributed by atoms with Gasteiger partial charge in [0, 0.05) is 17.6 Å². The number of nitrogens with one attached hydrogen (secondary N) is 2. The molecule has 0 aliphatic heterocycles. The molecular formula is C16H33N3O. The van der Waals surface area contributed by atoms with Gasteiger partial charge in [0.15, 0.2) is 0 Å². The van der Waals surface area contributed by atoms with Gasteiger partial charge in [-0.2, -0.15) is 0 Å². The van der Waals surface area contributed by atoms with E-state index in [0.717, 1.165) is 12.5 Å². The van der Waals surface area contributed by atoms with Gasteiger partial charge in [-0.1, -0.05) is 19.8 Å². The Bertz CT molecular complexity index is 322. The van der Waals surface area contributed by atoms with Gasteiger partial charge in [0.25, 0.3) is 0 Å². The Labute approximate surface area is 124 Å². The van der Waals surface area contributed by atoms with E-state index in [1.807, 2.05) is 0 Å². The molecule has 118 valence electrons. The topological polar surface area (TPSA) is 44.4 Å². The molecule has 20 heavy (non-hydrogen) atoms. The van der Waals surface area contributed by atoms with E-state index >= 15 is 0 Å². The van der Waals surface area contributed by atoms with E-state index in [-0.39, 0.29) is 17.0 Å². The summed E-state index contributed by atoms with van der Waals surface area (Å²) in [6.07, 6.45) is 4.93. The number of nitrogens with zero attached hydrogens (tertiary/aromatic N) is 1. The van der Waals surface area contributed by atoms with E-state index in [1.54, 1.807) is 0 Å². The van der Waals surface area contributed by atoms with Crippen molar-refractivity contribution in [1.29, 1.82) is 0 Å². The van der Waals surface area contributed by atoms with E-state index in [1.165, 1.54) is 25.7 Å². The highest BCUT2D eigenvalue weighted by Gasteiger charge is 2.37. The lowest BCUT2D eigenvalue weighted by molar-refractivity contribution is -0.121.